The molecule has 7 heteroatoms. The first-order valence-electron chi connectivity index (χ1n) is 7.00. The van der Waals surface area contributed by atoms with Gasteiger partial charge in [0, 0.05) is 11.1 Å². The predicted octanol–water partition coefficient (Wildman–Crippen LogP) is 6.33. The predicted molar refractivity (Wildman–Crippen MR) is 101 cm³/mol. The van der Waals surface area contributed by atoms with Crippen LogP contribution in [0.25, 0.3) is 11.3 Å². The summed E-state index contributed by atoms with van der Waals surface area (Å²) < 4.78 is 1.21. The van der Waals surface area contributed by atoms with Gasteiger partial charge in [0.15, 0.2) is 0 Å². The maximum atomic E-state index is 12.9. The van der Waals surface area contributed by atoms with Gasteiger partial charge in [0.05, 0.1) is 20.8 Å². The normalized spacial score (nSPS) is 10.5. The molecule has 0 saturated heterocycles. The Balaban J connectivity index is 2.30. The van der Waals surface area contributed by atoms with Crippen molar-refractivity contribution in [1.29, 1.82) is 5.26 Å². The van der Waals surface area contributed by atoms with Gasteiger partial charge < -0.3 is 0 Å². The van der Waals surface area contributed by atoms with Crippen molar-refractivity contribution in [2.45, 2.75) is 0 Å². The van der Waals surface area contributed by atoms with Gasteiger partial charge in [0.1, 0.15) is 16.8 Å². The summed E-state index contributed by atoms with van der Waals surface area (Å²) >= 11 is 24.6. The van der Waals surface area contributed by atoms with E-state index in [1.165, 1.54) is 4.57 Å². The summed E-state index contributed by atoms with van der Waals surface area (Å²) in [5.41, 5.74) is 1.23. The number of hydrogen-bond acceptors (Lipinski definition) is 2. The van der Waals surface area contributed by atoms with Crippen LogP contribution in [0, 0.1) is 11.3 Å². The Labute approximate surface area is 163 Å². The molecule has 0 amide bonds. The van der Waals surface area contributed by atoms with Gasteiger partial charge in [-0.25, -0.2) is 0 Å². The zero-order valence-electron chi connectivity index (χ0n) is 12.4. The van der Waals surface area contributed by atoms with Gasteiger partial charge in [-0.1, -0.05) is 70.7 Å². The lowest BCUT2D eigenvalue weighted by Gasteiger charge is -2.11. The number of carbonyl (C=O) groups is 1. The van der Waals surface area contributed by atoms with E-state index in [0.717, 1.165) is 0 Å². The van der Waals surface area contributed by atoms with Crippen LogP contribution in [0.2, 0.25) is 20.2 Å². The smallest absolute Gasteiger partial charge is 0.263 e. The van der Waals surface area contributed by atoms with Crippen molar-refractivity contribution in [2.24, 2.45) is 0 Å². The second kappa shape index (κ2) is 7.11. The van der Waals surface area contributed by atoms with E-state index in [9.17, 15) is 10.1 Å². The lowest BCUT2D eigenvalue weighted by Crippen LogP contribution is -2.13. The van der Waals surface area contributed by atoms with Crippen molar-refractivity contribution in [3.8, 4) is 17.3 Å². The van der Waals surface area contributed by atoms with Crippen molar-refractivity contribution in [2.75, 3.05) is 0 Å². The Bertz CT molecular complexity index is 1020. The topological polar surface area (TPSA) is 45.8 Å². The van der Waals surface area contributed by atoms with Crippen molar-refractivity contribution in [1.82, 2.24) is 4.57 Å². The van der Waals surface area contributed by atoms with Crippen LogP contribution in [-0.4, -0.2) is 10.5 Å². The Morgan fingerprint density at radius 1 is 0.960 bits per heavy atom. The van der Waals surface area contributed by atoms with E-state index in [1.54, 1.807) is 48.5 Å². The summed E-state index contributed by atoms with van der Waals surface area (Å²) in [6, 6.07) is 15.3. The first-order valence-corrected chi connectivity index (χ1v) is 8.52. The number of carbonyl (C=O) groups excluding carboxylic acids is 1. The first-order chi connectivity index (χ1) is 12.0. The molecule has 0 fully saturated rings. The molecule has 0 saturated carbocycles. The lowest BCUT2D eigenvalue weighted by atomic mass is 10.1. The number of benzene rings is 2. The standard InChI is InChI=1S/C18H8Cl4N2O/c19-13-7-6-11(8-14(13)20)16-15(21)12(9-23)17(22)24(16)18(25)10-4-2-1-3-5-10/h1-8H. The highest BCUT2D eigenvalue weighted by molar-refractivity contribution is 6.42. The molecule has 3 aromatic rings. The molecule has 0 aliphatic carbocycles. The number of rotatable bonds is 2. The maximum Gasteiger partial charge on any atom is 0.263 e. The minimum Gasteiger partial charge on any atom is -0.268 e. The van der Waals surface area contributed by atoms with Gasteiger partial charge in [-0.2, -0.15) is 5.26 Å². The SMILES string of the molecule is N#Cc1c(Cl)c(-c2ccc(Cl)c(Cl)c2)n(C(=O)c2ccccc2)c1Cl. The summed E-state index contributed by atoms with van der Waals surface area (Å²) in [5.74, 6) is -0.407. The quantitative estimate of drug-likeness (QED) is 0.496. The zero-order chi connectivity index (χ0) is 18.1. The number of halogens is 4. The molecule has 0 aliphatic heterocycles. The van der Waals surface area contributed by atoms with Crippen LogP contribution in [0.15, 0.2) is 48.5 Å². The van der Waals surface area contributed by atoms with E-state index in [1.807, 2.05) is 6.07 Å². The minimum atomic E-state index is -0.407. The van der Waals surface area contributed by atoms with Crippen LogP contribution in [0.4, 0.5) is 0 Å². The molecule has 25 heavy (non-hydrogen) atoms. The molecule has 0 spiro atoms. The molecule has 0 unspecified atom stereocenters. The fourth-order valence-electron chi connectivity index (χ4n) is 2.41. The van der Waals surface area contributed by atoms with E-state index in [-0.39, 0.29) is 21.4 Å². The van der Waals surface area contributed by atoms with Crippen LogP contribution in [-0.2, 0) is 0 Å². The number of hydrogen-bond donors (Lipinski definition) is 0. The van der Waals surface area contributed by atoms with Gasteiger partial charge in [0.25, 0.3) is 5.91 Å². The van der Waals surface area contributed by atoms with E-state index in [4.69, 9.17) is 46.4 Å². The fourth-order valence-corrected chi connectivity index (χ4v) is 3.38. The van der Waals surface area contributed by atoms with Gasteiger partial charge in [-0.3, -0.25) is 9.36 Å². The third-order valence-corrected chi connectivity index (χ3v) is 5.05. The molecule has 0 atom stereocenters. The molecule has 2 aromatic carbocycles. The van der Waals surface area contributed by atoms with Crippen LogP contribution in [0.3, 0.4) is 0 Å². The van der Waals surface area contributed by atoms with Crippen LogP contribution >= 0.6 is 46.4 Å². The molecule has 1 aromatic heterocycles. The molecule has 0 aliphatic rings. The highest BCUT2D eigenvalue weighted by atomic mass is 35.5. The third kappa shape index (κ3) is 3.15. The van der Waals surface area contributed by atoms with E-state index >= 15 is 0 Å². The molecule has 0 radical (unpaired) electrons. The van der Waals surface area contributed by atoms with Gasteiger partial charge in [0.2, 0.25) is 0 Å². The van der Waals surface area contributed by atoms with Crippen LogP contribution < -0.4 is 0 Å². The Hall–Kier alpha value is -1.96. The number of nitriles is 1. The Morgan fingerprint density at radius 3 is 2.24 bits per heavy atom. The number of nitrogens with zero attached hydrogens (tertiary/aromatic N) is 2. The van der Waals surface area contributed by atoms with Crippen molar-refractivity contribution < 1.29 is 4.79 Å². The summed E-state index contributed by atoms with van der Waals surface area (Å²) in [6.07, 6.45) is 0. The zero-order valence-corrected chi connectivity index (χ0v) is 15.5. The highest BCUT2D eigenvalue weighted by Crippen LogP contribution is 2.40. The molecule has 124 valence electrons. The van der Waals surface area contributed by atoms with Gasteiger partial charge in [-0.05, 0) is 24.3 Å². The average molecular weight is 410 g/mol. The first kappa shape index (κ1) is 17.8. The van der Waals surface area contributed by atoms with Gasteiger partial charge in [-0.15, -0.1) is 0 Å². The van der Waals surface area contributed by atoms with Crippen LogP contribution in [0.5, 0.6) is 0 Å². The van der Waals surface area contributed by atoms with Gasteiger partial charge >= 0.3 is 0 Å². The molecular weight excluding hydrogens is 402 g/mol. The Kier molecular flexibility index (Phi) is 5.08. The highest BCUT2D eigenvalue weighted by Gasteiger charge is 2.26. The second-order valence-electron chi connectivity index (χ2n) is 5.08. The van der Waals surface area contributed by atoms with Crippen molar-refractivity contribution in [3.63, 3.8) is 0 Å². The third-order valence-electron chi connectivity index (χ3n) is 3.58. The molecule has 0 N–H and O–H groups in total. The van der Waals surface area contributed by atoms with E-state index in [0.29, 0.717) is 21.2 Å². The molecular formula is C18H8Cl4N2O. The minimum absolute atomic E-state index is 0.0219. The maximum absolute atomic E-state index is 12.9. The van der Waals surface area contributed by atoms with E-state index < -0.39 is 5.91 Å². The number of aromatic nitrogens is 1. The summed E-state index contributed by atoms with van der Waals surface area (Å²) in [6.45, 7) is 0. The largest absolute Gasteiger partial charge is 0.268 e. The summed E-state index contributed by atoms with van der Waals surface area (Å²) in [7, 11) is 0. The van der Waals surface area contributed by atoms with E-state index in [2.05, 4.69) is 0 Å². The molecule has 3 rings (SSSR count). The molecule has 0 bridgehead atoms. The molecule has 3 nitrogen and oxygen atoms in total. The van der Waals surface area contributed by atoms with Crippen LogP contribution in [0.1, 0.15) is 15.9 Å². The molecule has 1 heterocycles. The fraction of sp³-hybridized carbons (Fsp3) is 0. The average Bonchev–Trinajstić information content (AvgIpc) is 2.87. The van der Waals surface area contributed by atoms with Crippen molar-refractivity contribution >= 4 is 52.3 Å². The monoisotopic (exact) mass is 408 g/mol. The van der Waals surface area contributed by atoms with Crippen molar-refractivity contribution in [3.05, 3.63) is 79.9 Å². The lowest BCUT2D eigenvalue weighted by molar-refractivity contribution is 0.0962. The Morgan fingerprint density at radius 2 is 1.64 bits per heavy atom. The summed E-state index contributed by atoms with van der Waals surface area (Å²) in [5, 5.41) is 10.0. The summed E-state index contributed by atoms with van der Waals surface area (Å²) in [4.78, 5) is 12.9. The second-order valence-corrected chi connectivity index (χ2v) is 6.63.